The SMILES string of the molecule is C=CCC(F)(F)C(CC=C)(Nc1ccc(OC)cc1)C(=O)OCc1ccccc1. The molecule has 1 unspecified atom stereocenters. The van der Waals surface area contributed by atoms with Gasteiger partial charge in [0.05, 0.1) is 7.11 Å². The fourth-order valence-corrected chi connectivity index (χ4v) is 2.91. The number of hydrogen-bond acceptors (Lipinski definition) is 4. The first-order valence-corrected chi connectivity index (χ1v) is 9.11. The van der Waals surface area contributed by atoms with Crippen molar-refractivity contribution in [3.63, 3.8) is 0 Å². The highest BCUT2D eigenvalue weighted by molar-refractivity contribution is 5.86. The van der Waals surface area contributed by atoms with E-state index in [9.17, 15) is 4.79 Å². The lowest BCUT2D eigenvalue weighted by molar-refractivity contribution is -0.166. The zero-order valence-corrected chi connectivity index (χ0v) is 16.4. The summed E-state index contributed by atoms with van der Waals surface area (Å²) in [7, 11) is 1.50. The average molecular weight is 401 g/mol. The second-order valence-corrected chi connectivity index (χ2v) is 6.51. The molecule has 0 spiro atoms. The van der Waals surface area contributed by atoms with Gasteiger partial charge in [-0.2, -0.15) is 0 Å². The van der Waals surface area contributed by atoms with E-state index in [-0.39, 0.29) is 13.0 Å². The Morgan fingerprint density at radius 1 is 1.03 bits per heavy atom. The maximum Gasteiger partial charge on any atom is 0.338 e. The van der Waals surface area contributed by atoms with Gasteiger partial charge in [-0.25, -0.2) is 13.6 Å². The number of ether oxygens (including phenoxy) is 2. The molecule has 0 aromatic heterocycles. The van der Waals surface area contributed by atoms with Crippen LogP contribution in [0, 0.1) is 0 Å². The third-order valence-electron chi connectivity index (χ3n) is 4.48. The number of halogens is 2. The van der Waals surface area contributed by atoms with E-state index in [2.05, 4.69) is 18.5 Å². The van der Waals surface area contributed by atoms with E-state index in [1.165, 1.54) is 13.2 Å². The van der Waals surface area contributed by atoms with Crippen LogP contribution in [-0.4, -0.2) is 24.5 Å². The Labute approximate surface area is 169 Å². The Bertz CT molecular complexity index is 822. The summed E-state index contributed by atoms with van der Waals surface area (Å²) >= 11 is 0. The fraction of sp³-hybridized carbons (Fsp3) is 0.261. The molecule has 0 saturated carbocycles. The normalized spacial score (nSPS) is 13.1. The van der Waals surface area contributed by atoms with Crippen LogP contribution in [0.3, 0.4) is 0 Å². The number of alkyl halides is 2. The van der Waals surface area contributed by atoms with Crippen molar-refractivity contribution >= 4 is 11.7 Å². The molecule has 2 aromatic carbocycles. The Morgan fingerprint density at radius 3 is 2.21 bits per heavy atom. The molecular formula is C23H25F2NO3. The average Bonchev–Trinajstić information content (AvgIpc) is 2.72. The van der Waals surface area contributed by atoms with Gasteiger partial charge in [0.25, 0.3) is 5.92 Å². The van der Waals surface area contributed by atoms with Crippen LogP contribution in [0.25, 0.3) is 0 Å². The minimum Gasteiger partial charge on any atom is -0.497 e. The van der Waals surface area contributed by atoms with E-state index in [0.29, 0.717) is 17.0 Å². The summed E-state index contributed by atoms with van der Waals surface area (Å²) in [6, 6.07) is 15.2. The van der Waals surface area contributed by atoms with Crippen LogP contribution in [0.4, 0.5) is 14.5 Å². The van der Waals surface area contributed by atoms with Gasteiger partial charge in [-0.15, -0.1) is 13.2 Å². The van der Waals surface area contributed by atoms with Gasteiger partial charge in [0.1, 0.15) is 12.4 Å². The largest absolute Gasteiger partial charge is 0.497 e. The molecule has 0 aliphatic rings. The van der Waals surface area contributed by atoms with Crippen molar-refractivity contribution < 1.29 is 23.0 Å². The lowest BCUT2D eigenvalue weighted by Gasteiger charge is -2.38. The third kappa shape index (κ3) is 5.22. The lowest BCUT2D eigenvalue weighted by Crippen LogP contribution is -2.60. The topological polar surface area (TPSA) is 47.6 Å². The van der Waals surface area contributed by atoms with E-state index in [0.717, 1.165) is 6.08 Å². The van der Waals surface area contributed by atoms with E-state index in [1.807, 2.05) is 6.07 Å². The molecule has 0 fully saturated rings. The summed E-state index contributed by atoms with van der Waals surface area (Å²) in [6.07, 6.45) is 1.31. The summed E-state index contributed by atoms with van der Waals surface area (Å²) < 4.78 is 40.9. The second kappa shape index (κ2) is 9.87. The van der Waals surface area contributed by atoms with Crippen molar-refractivity contribution in [1.82, 2.24) is 0 Å². The van der Waals surface area contributed by atoms with Gasteiger partial charge in [-0.1, -0.05) is 42.5 Å². The monoisotopic (exact) mass is 401 g/mol. The first kappa shape index (κ1) is 22.1. The molecule has 0 radical (unpaired) electrons. The number of carbonyl (C=O) groups is 1. The van der Waals surface area contributed by atoms with Crippen LogP contribution in [0.2, 0.25) is 0 Å². The fourth-order valence-electron chi connectivity index (χ4n) is 2.91. The molecule has 0 bridgehead atoms. The zero-order chi connectivity index (χ0) is 21.3. The van der Waals surface area contributed by atoms with Crippen LogP contribution in [0.1, 0.15) is 18.4 Å². The van der Waals surface area contributed by atoms with E-state index >= 15 is 8.78 Å². The summed E-state index contributed by atoms with van der Waals surface area (Å²) in [5, 5.41) is 2.71. The van der Waals surface area contributed by atoms with Gasteiger partial charge < -0.3 is 14.8 Å². The zero-order valence-electron chi connectivity index (χ0n) is 16.4. The number of benzene rings is 2. The summed E-state index contributed by atoms with van der Waals surface area (Å²) in [5.41, 5.74) is -1.32. The predicted octanol–water partition coefficient (Wildman–Crippen LogP) is 5.38. The van der Waals surface area contributed by atoms with Crippen molar-refractivity contribution in [3.05, 3.63) is 85.5 Å². The number of carbonyl (C=O) groups excluding carboxylic acids is 1. The van der Waals surface area contributed by atoms with Gasteiger partial charge >= 0.3 is 5.97 Å². The van der Waals surface area contributed by atoms with E-state index < -0.39 is 23.9 Å². The van der Waals surface area contributed by atoms with Crippen molar-refractivity contribution in [3.8, 4) is 5.75 Å². The smallest absolute Gasteiger partial charge is 0.338 e. The quantitative estimate of drug-likeness (QED) is 0.406. The standard InChI is InChI=1S/C23H25F2NO3/c1-4-15-22(23(24,25)16-5-2,26-19-11-13-20(28-3)14-12-19)21(27)29-17-18-9-7-6-8-10-18/h4-14,26H,1-2,15-17H2,3H3. The first-order chi connectivity index (χ1) is 13.9. The summed E-state index contributed by atoms with van der Waals surface area (Å²) in [4.78, 5) is 13.0. The molecule has 0 aliphatic heterocycles. The van der Waals surface area contributed by atoms with Crippen molar-refractivity contribution in [2.75, 3.05) is 12.4 Å². The van der Waals surface area contributed by atoms with Crippen molar-refractivity contribution in [2.24, 2.45) is 0 Å². The van der Waals surface area contributed by atoms with Crippen LogP contribution < -0.4 is 10.1 Å². The predicted molar refractivity (Wildman–Crippen MR) is 110 cm³/mol. The molecule has 4 nitrogen and oxygen atoms in total. The number of allylic oxidation sites excluding steroid dienone is 1. The molecule has 154 valence electrons. The minimum absolute atomic E-state index is 0.118. The number of esters is 1. The van der Waals surface area contributed by atoms with Crippen molar-refractivity contribution in [1.29, 1.82) is 0 Å². The Kier molecular flexibility index (Phi) is 7.53. The molecule has 1 N–H and O–H groups in total. The van der Waals surface area contributed by atoms with Crippen LogP contribution in [-0.2, 0) is 16.1 Å². The molecule has 1 atom stereocenters. The molecule has 29 heavy (non-hydrogen) atoms. The van der Waals surface area contributed by atoms with Crippen LogP contribution in [0.5, 0.6) is 5.75 Å². The number of anilines is 1. The minimum atomic E-state index is -3.48. The third-order valence-corrected chi connectivity index (χ3v) is 4.48. The molecular weight excluding hydrogens is 376 g/mol. The van der Waals surface area contributed by atoms with Gasteiger partial charge in [-0.3, -0.25) is 0 Å². The van der Waals surface area contributed by atoms with E-state index in [4.69, 9.17) is 9.47 Å². The number of methoxy groups -OCH3 is 1. The van der Waals surface area contributed by atoms with E-state index in [1.54, 1.807) is 48.5 Å². The maximum atomic E-state index is 15.2. The molecule has 2 rings (SSSR count). The molecule has 0 aliphatic carbocycles. The van der Waals surface area contributed by atoms with Crippen LogP contribution in [0.15, 0.2) is 79.9 Å². The Morgan fingerprint density at radius 2 is 1.66 bits per heavy atom. The van der Waals surface area contributed by atoms with Gasteiger partial charge in [-0.05, 0) is 29.8 Å². The highest BCUT2D eigenvalue weighted by Gasteiger charge is 2.59. The van der Waals surface area contributed by atoms with Gasteiger partial charge in [0, 0.05) is 18.5 Å². The summed E-state index contributed by atoms with van der Waals surface area (Å²) in [5.74, 6) is -3.98. The van der Waals surface area contributed by atoms with Gasteiger partial charge in [0.2, 0.25) is 5.54 Å². The van der Waals surface area contributed by atoms with Crippen LogP contribution >= 0.6 is 0 Å². The highest BCUT2D eigenvalue weighted by Crippen LogP contribution is 2.40. The lowest BCUT2D eigenvalue weighted by atomic mass is 9.85. The molecule has 6 heteroatoms. The Balaban J connectivity index is 2.38. The maximum absolute atomic E-state index is 15.2. The molecule has 2 aromatic rings. The molecule has 0 saturated heterocycles. The molecule has 0 amide bonds. The number of rotatable bonds is 11. The summed E-state index contributed by atoms with van der Waals surface area (Å²) in [6.45, 7) is 6.84. The van der Waals surface area contributed by atoms with Gasteiger partial charge in [0.15, 0.2) is 0 Å². The van der Waals surface area contributed by atoms with Crippen molar-refractivity contribution in [2.45, 2.75) is 30.9 Å². The second-order valence-electron chi connectivity index (χ2n) is 6.51. The number of nitrogens with one attached hydrogen (secondary N) is 1. The molecule has 0 heterocycles. The number of hydrogen-bond donors (Lipinski definition) is 1. The highest BCUT2D eigenvalue weighted by atomic mass is 19.3. The first-order valence-electron chi connectivity index (χ1n) is 9.11. The Hall–Kier alpha value is -3.15.